The Morgan fingerprint density at radius 1 is 1.48 bits per heavy atom. The molecular formula is C17H22N2OS. The zero-order valence-electron chi connectivity index (χ0n) is 12.6. The number of carbonyl (C=O) groups excluding carboxylic acids is 1. The molecule has 3 rings (SSSR count). The number of hydrogen-bond acceptors (Lipinski definition) is 3. The summed E-state index contributed by atoms with van der Waals surface area (Å²) in [6, 6.07) is 11.5. The summed E-state index contributed by atoms with van der Waals surface area (Å²) in [6.07, 6.45) is 1.67. The van der Waals surface area contributed by atoms with Crippen molar-refractivity contribution < 1.29 is 4.79 Å². The second-order valence-electron chi connectivity index (χ2n) is 5.75. The van der Waals surface area contributed by atoms with Gasteiger partial charge < -0.3 is 10.2 Å². The number of amides is 1. The molecule has 112 valence electrons. The quantitative estimate of drug-likeness (QED) is 0.936. The van der Waals surface area contributed by atoms with Crippen LogP contribution in [0, 0.1) is 0 Å². The monoisotopic (exact) mass is 302 g/mol. The van der Waals surface area contributed by atoms with Crippen LogP contribution in [0.5, 0.6) is 0 Å². The van der Waals surface area contributed by atoms with Gasteiger partial charge in [-0.25, -0.2) is 0 Å². The number of carbonyl (C=O) groups is 1. The molecule has 2 atom stereocenters. The van der Waals surface area contributed by atoms with Crippen LogP contribution in [0.25, 0.3) is 10.1 Å². The summed E-state index contributed by atoms with van der Waals surface area (Å²) in [5.74, 6) is 0.272. The molecule has 1 saturated heterocycles. The fourth-order valence-electron chi connectivity index (χ4n) is 3.00. The topological polar surface area (TPSA) is 32.3 Å². The van der Waals surface area contributed by atoms with Crippen molar-refractivity contribution in [3.05, 3.63) is 35.2 Å². The first kappa shape index (κ1) is 14.5. The number of nitrogens with one attached hydrogen (secondary N) is 1. The van der Waals surface area contributed by atoms with E-state index in [9.17, 15) is 4.79 Å². The molecule has 0 saturated carbocycles. The van der Waals surface area contributed by atoms with Crippen LogP contribution in [0.1, 0.15) is 37.6 Å². The van der Waals surface area contributed by atoms with Crippen molar-refractivity contribution in [1.82, 2.24) is 10.2 Å². The summed E-state index contributed by atoms with van der Waals surface area (Å²) in [6.45, 7) is 5.89. The highest BCUT2D eigenvalue weighted by molar-refractivity contribution is 7.19. The van der Waals surface area contributed by atoms with Crippen LogP contribution in [-0.2, 0) is 4.79 Å². The predicted octanol–water partition coefficient (Wildman–Crippen LogP) is 3.56. The maximum atomic E-state index is 11.7. The van der Waals surface area contributed by atoms with E-state index >= 15 is 0 Å². The molecule has 2 heterocycles. The zero-order chi connectivity index (χ0) is 14.8. The van der Waals surface area contributed by atoms with Crippen molar-refractivity contribution in [1.29, 1.82) is 0 Å². The van der Waals surface area contributed by atoms with E-state index in [4.69, 9.17) is 0 Å². The maximum absolute atomic E-state index is 11.7. The summed E-state index contributed by atoms with van der Waals surface area (Å²) in [5, 5.41) is 5.00. The summed E-state index contributed by atoms with van der Waals surface area (Å²) >= 11 is 1.86. The first-order chi connectivity index (χ1) is 10.2. The summed E-state index contributed by atoms with van der Waals surface area (Å²) in [5.41, 5.74) is 0. The molecular weight excluding hydrogens is 280 g/mol. The van der Waals surface area contributed by atoms with Gasteiger partial charge in [-0.1, -0.05) is 25.1 Å². The molecule has 4 heteroatoms. The number of likely N-dealkylation sites (tertiary alicyclic amines) is 1. The van der Waals surface area contributed by atoms with Crippen LogP contribution in [0.15, 0.2) is 30.3 Å². The maximum Gasteiger partial charge on any atom is 0.222 e. The molecule has 1 N–H and O–H groups in total. The van der Waals surface area contributed by atoms with E-state index in [-0.39, 0.29) is 5.91 Å². The number of benzene rings is 1. The number of hydrogen-bond donors (Lipinski definition) is 1. The average Bonchev–Trinajstić information content (AvgIpc) is 3.12. The summed E-state index contributed by atoms with van der Waals surface area (Å²) in [7, 11) is 0. The SMILES string of the molecule is CCC(=O)N1CCC(NC(C)c2cc3ccccc3s2)C1. The first-order valence-electron chi connectivity index (χ1n) is 7.69. The van der Waals surface area contributed by atoms with Crippen LogP contribution in [-0.4, -0.2) is 29.9 Å². The minimum absolute atomic E-state index is 0.272. The lowest BCUT2D eigenvalue weighted by Gasteiger charge is -2.19. The lowest BCUT2D eigenvalue weighted by Crippen LogP contribution is -2.35. The molecule has 0 aliphatic carbocycles. The van der Waals surface area contributed by atoms with E-state index in [1.807, 2.05) is 23.2 Å². The van der Waals surface area contributed by atoms with Gasteiger partial charge in [0.1, 0.15) is 0 Å². The van der Waals surface area contributed by atoms with Gasteiger partial charge in [0.2, 0.25) is 5.91 Å². The minimum Gasteiger partial charge on any atom is -0.341 e. The Morgan fingerprint density at radius 3 is 3.05 bits per heavy atom. The number of fused-ring (bicyclic) bond motifs is 1. The van der Waals surface area contributed by atoms with Crippen molar-refractivity contribution in [2.45, 2.75) is 38.8 Å². The number of nitrogens with zero attached hydrogens (tertiary/aromatic N) is 1. The Labute approximate surface area is 130 Å². The molecule has 2 aromatic rings. The van der Waals surface area contributed by atoms with Gasteiger partial charge in [0.15, 0.2) is 0 Å². The molecule has 1 aliphatic rings. The predicted molar refractivity (Wildman–Crippen MR) is 88.7 cm³/mol. The van der Waals surface area contributed by atoms with E-state index in [1.165, 1.54) is 15.0 Å². The molecule has 1 fully saturated rings. The fourth-order valence-corrected chi connectivity index (χ4v) is 4.07. The third-order valence-electron chi connectivity index (χ3n) is 4.20. The second-order valence-corrected chi connectivity index (χ2v) is 6.87. The normalized spacial score (nSPS) is 20.1. The van der Waals surface area contributed by atoms with E-state index in [2.05, 4.69) is 42.6 Å². The van der Waals surface area contributed by atoms with Gasteiger partial charge in [0.25, 0.3) is 0 Å². The molecule has 0 spiro atoms. The van der Waals surface area contributed by atoms with Crippen LogP contribution >= 0.6 is 11.3 Å². The van der Waals surface area contributed by atoms with Gasteiger partial charge in [-0.05, 0) is 30.9 Å². The third-order valence-corrected chi connectivity index (χ3v) is 5.50. The minimum atomic E-state index is 0.272. The summed E-state index contributed by atoms with van der Waals surface area (Å²) in [4.78, 5) is 15.1. The fraction of sp³-hybridized carbons (Fsp3) is 0.471. The molecule has 3 nitrogen and oxygen atoms in total. The lowest BCUT2D eigenvalue weighted by molar-refractivity contribution is -0.129. The largest absolute Gasteiger partial charge is 0.341 e. The van der Waals surface area contributed by atoms with Crippen LogP contribution < -0.4 is 5.32 Å². The third kappa shape index (κ3) is 3.11. The molecule has 2 unspecified atom stereocenters. The van der Waals surface area contributed by atoms with Gasteiger partial charge in [-0.2, -0.15) is 0 Å². The van der Waals surface area contributed by atoms with Crippen molar-refractivity contribution in [3.8, 4) is 0 Å². The molecule has 1 aromatic carbocycles. The van der Waals surface area contributed by atoms with E-state index in [0.29, 0.717) is 18.5 Å². The lowest BCUT2D eigenvalue weighted by atomic mass is 10.2. The Bertz CT molecular complexity index is 604. The standard InChI is InChI=1S/C17H22N2OS/c1-3-17(20)19-9-8-14(11-19)18-12(2)16-10-13-6-4-5-7-15(13)21-16/h4-7,10,12,14,18H,3,8-9,11H2,1-2H3. The Morgan fingerprint density at radius 2 is 2.29 bits per heavy atom. The van der Waals surface area contributed by atoms with Gasteiger partial charge in [0, 0.05) is 41.2 Å². The zero-order valence-corrected chi connectivity index (χ0v) is 13.5. The highest BCUT2D eigenvalue weighted by Gasteiger charge is 2.26. The smallest absolute Gasteiger partial charge is 0.222 e. The van der Waals surface area contributed by atoms with Crippen LogP contribution in [0.2, 0.25) is 0 Å². The van der Waals surface area contributed by atoms with E-state index in [1.54, 1.807) is 0 Å². The molecule has 1 amide bonds. The van der Waals surface area contributed by atoms with Gasteiger partial charge in [-0.3, -0.25) is 4.79 Å². The Kier molecular flexibility index (Phi) is 4.27. The van der Waals surface area contributed by atoms with Crippen molar-refractivity contribution >= 4 is 27.3 Å². The Hall–Kier alpha value is -1.39. The highest BCUT2D eigenvalue weighted by atomic mass is 32.1. The van der Waals surface area contributed by atoms with Crippen LogP contribution in [0.3, 0.4) is 0 Å². The average molecular weight is 302 g/mol. The highest BCUT2D eigenvalue weighted by Crippen LogP contribution is 2.30. The van der Waals surface area contributed by atoms with Gasteiger partial charge >= 0.3 is 0 Å². The number of thiophene rings is 1. The molecule has 0 radical (unpaired) electrons. The second kappa shape index (κ2) is 6.16. The first-order valence-corrected chi connectivity index (χ1v) is 8.51. The van der Waals surface area contributed by atoms with E-state index in [0.717, 1.165) is 19.5 Å². The van der Waals surface area contributed by atoms with Crippen molar-refractivity contribution in [3.63, 3.8) is 0 Å². The molecule has 1 aromatic heterocycles. The molecule has 0 bridgehead atoms. The van der Waals surface area contributed by atoms with Gasteiger partial charge in [0.05, 0.1) is 0 Å². The Balaban J connectivity index is 1.64. The van der Waals surface area contributed by atoms with Crippen molar-refractivity contribution in [2.24, 2.45) is 0 Å². The molecule has 1 aliphatic heterocycles. The van der Waals surface area contributed by atoms with Gasteiger partial charge in [-0.15, -0.1) is 11.3 Å². The number of rotatable bonds is 4. The van der Waals surface area contributed by atoms with Crippen LogP contribution in [0.4, 0.5) is 0 Å². The molecule has 21 heavy (non-hydrogen) atoms. The van der Waals surface area contributed by atoms with Crippen molar-refractivity contribution in [2.75, 3.05) is 13.1 Å². The van der Waals surface area contributed by atoms with E-state index < -0.39 is 0 Å². The summed E-state index contributed by atoms with van der Waals surface area (Å²) < 4.78 is 1.34.